The number of carbonyl (C=O) groups is 1. The average molecular weight is 346 g/mol. The standard InChI is InChI=1S/C20H30N2O3/c1-15-12-18(20(24)25-15)21(2)13-16-8-10-22(11-9-16)14-19(23)17-6-4-3-5-7-17/h3-7,15-16,18-19,23H,8-14H2,1-2H3/t15-,18-,19+/m1/s1. The van der Waals surface area contributed by atoms with Crippen molar-refractivity contribution in [3.63, 3.8) is 0 Å². The van der Waals surface area contributed by atoms with Gasteiger partial charge in [-0.05, 0) is 51.4 Å². The molecule has 0 spiro atoms. The number of hydrogen-bond acceptors (Lipinski definition) is 5. The van der Waals surface area contributed by atoms with Crippen LogP contribution in [-0.4, -0.2) is 66.2 Å². The number of likely N-dealkylation sites (tertiary alicyclic amines) is 1. The van der Waals surface area contributed by atoms with Gasteiger partial charge < -0.3 is 14.7 Å². The van der Waals surface area contributed by atoms with Gasteiger partial charge in [0.05, 0.1) is 6.10 Å². The van der Waals surface area contributed by atoms with Crippen LogP contribution in [0.25, 0.3) is 0 Å². The van der Waals surface area contributed by atoms with Crippen LogP contribution in [0.15, 0.2) is 30.3 Å². The van der Waals surface area contributed by atoms with Gasteiger partial charge in [0, 0.05) is 19.5 Å². The highest BCUT2D eigenvalue weighted by atomic mass is 16.6. The molecule has 2 saturated heterocycles. The van der Waals surface area contributed by atoms with Gasteiger partial charge in [0.15, 0.2) is 0 Å². The highest BCUT2D eigenvalue weighted by Gasteiger charge is 2.35. The van der Waals surface area contributed by atoms with E-state index in [0.717, 1.165) is 44.5 Å². The van der Waals surface area contributed by atoms with Crippen LogP contribution in [0.3, 0.4) is 0 Å². The first kappa shape index (κ1) is 18.4. The molecule has 2 aliphatic heterocycles. The number of β-amino-alcohol motifs (C(OH)–C–C–N with tert-alkyl or cyclic N) is 1. The van der Waals surface area contributed by atoms with Crippen molar-refractivity contribution >= 4 is 5.97 Å². The Balaban J connectivity index is 1.42. The summed E-state index contributed by atoms with van der Waals surface area (Å²) in [6, 6.07) is 9.79. The summed E-state index contributed by atoms with van der Waals surface area (Å²) in [6.07, 6.45) is 2.65. The number of cyclic esters (lactones) is 1. The molecule has 2 aliphatic rings. The molecule has 1 N–H and O–H groups in total. The number of ether oxygens (including phenoxy) is 1. The number of rotatable bonds is 6. The molecule has 5 heteroatoms. The monoisotopic (exact) mass is 346 g/mol. The van der Waals surface area contributed by atoms with E-state index in [9.17, 15) is 9.90 Å². The molecular formula is C20H30N2O3. The highest BCUT2D eigenvalue weighted by Crippen LogP contribution is 2.24. The molecule has 1 aromatic carbocycles. The molecule has 0 saturated carbocycles. The summed E-state index contributed by atoms with van der Waals surface area (Å²) in [5.74, 6) is 0.539. The van der Waals surface area contributed by atoms with Crippen LogP contribution in [0.5, 0.6) is 0 Å². The third-order valence-corrected chi connectivity index (χ3v) is 5.55. The second-order valence-corrected chi connectivity index (χ2v) is 7.61. The molecule has 3 atom stereocenters. The van der Waals surface area contributed by atoms with Crippen molar-refractivity contribution in [2.45, 2.75) is 44.4 Å². The first-order valence-electron chi connectivity index (χ1n) is 9.39. The molecule has 0 aromatic heterocycles. The summed E-state index contributed by atoms with van der Waals surface area (Å²) in [5, 5.41) is 10.4. The first-order valence-corrected chi connectivity index (χ1v) is 9.39. The highest BCUT2D eigenvalue weighted by molar-refractivity contribution is 5.77. The van der Waals surface area contributed by atoms with Crippen molar-refractivity contribution in [1.29, 1.82) is 0 Å². The molecule has 2 fully saturated rings. The van der Waals surface area contributed by atoms with E-state index in [0.29, 0.717) is 12.5 Å². The van der Waals surface area contributed by atoms with E-state index in [4.69, 9.17) is 4.74 Å². The SMILES string of the molecule is C[C@@H]1C[C@@H](N(C)CC2CCN(C[C@H](O)c3ccccc3)CC2)C(=O)O1. The third kappa shape index (κ3) is 4.81. The van der Waals surface area contributed by atoms with Crippen LogP contribution < -0.4 is 0 Å². The zero-order valence-electron chi connectivity index (χ0n) is 15.3. The molecule has 0 radical (unpaired) electrons. The van der Waals surface area contributed by atoms with E-state index in [-0.39, 0.29) is 18.1 Å². The van der Waals surface area contributed by atoms with Gasteiger partial charge in [-0.2, -0.15) is 0 Å². The number of aliphatic hydroxyl groups excluding tert-OH is 1. The number of hydrogen-bond donors (Lipinski definition) is 1. The van der Waals surface area contributed by atoms with Crippen molar-refractivity contribution in [2.75, 3.05) is 33.2 Å². The summed E-state index contributed by atoms with van der Waals surface area (Å²) in [6.45, 7) is 5.62. The minimum atomic E-state index is -0.421. The second kappa shape index (κ2) is 8.30. The van der Waals surface area contributed by atoms with Crippen LogP contribution in [0.2, 0.25) is 0 Å². The van der Waals surface area contributed by atoms with Gasteiger partial charge in [-0.25, -0.2) is 0 Å². The average Bonchev–Trinajstić information content (AvgIpc) is 2.96. The Morgan fingerprint density at radius 1 is 1.28 bits per heavy atom. The lowest BCUT2D eigenvalue weighted by atomic mass is 9.95. The number of benzene rings is 1. The van der Waals surface area contributed by atoms with E-state index in [1.807, 2.05) is 44.3 Å². The zero-order chi connectivity index (χ0) is 17.8. The van der Waals surface area contributed by atoms with Gasteiger partial charge in [0.25, 0.3) is 0 Å². The van der Waals surface area contributed by atoms with Crippen molar-refractivity contribution in [3.8, 4) is 0 Å². The van der Waals surface area contributed by atoms with Crippen LogP contribution in [-0.2, 0) is 9.53 Å². The maximum Gasteiger partial charge on any atom is 0.323 e. The van der Waals surface area contributed by atoms with E-state index in [2.05, 4.69) is 9.80 Å². The van der Waals surface area contributed by atoms with Gasteiger partial charge in [-0.15, -0.1) is 0 Å². The second-order valence-electron chi connectivity index (χ2n) is 7.61. The molecule has 138 valence electrons. The first-order chi connectivity index (χ1) is 12.0. The van der Waals surface area contributed by atoms with Crippen LogP contribution in [0.1, 0.15) is 37.9 Å². The number of likely N-dealkylation sites (N-methyl/N-ethyl adjacent to an activating group) is 1. The maximum absolute atomic E-state index is 11.9. The molecule has 1 aromatic rings. The van der Waals surface area contributed by atoms with Crippen LogP contribution >= 0.6 is 0 Å². The van der Waals surface area contributed by atoms with Crippen molar-refractivity contribution in [2.24, 2.45) is 5.92 Å². The van der Waals surface area contributed by atoms with E-state index in [1.165, 1.54) is 0 Å². The minimum Gasteiger partial charge on any atom is -0.461 e. The predicted octanol–water partition coefficient (Wildman–Crippen LogP) is 2.07. The quantitative estimate of drug-likeness (QED) is 0.799. The topological polar surface area (TPSA) is 53.0 Å². The number of esters is 1. The largest absolute Gasteiger partial charge is 0.461 e. The molecule has 0 aliphatic carbocycles. The summed E-state index contributed by atoms with van der Waals surface area (Å²) in [7, 11) is 2.04. The molecule has 25 heavy (non-hydrogen) atoms. The fourth-order valence-corrected chi connectivity index (χ4v) is 4.01. The Morgan fingerprint density at radius 3 is 2.56 bits per heavy atom. The number of piperidine rings is 1. The van der Waals surface area contributed by atoms with Crippen molar-refractivity contribution in [3.05, 3.63) is 35.9 Å². The maximum atomic E-state index is 11.9. The zero-order valence-corrected chi connectivity index (χ0v) is 15.3. The lowest BCUT2D eigenvalue weighted by Crippen LogP contribution is -2.43. The smallest absolute Gasteiger partial charge is 0.323 e. The molecule has 0 unspecified atom stereocenters. The summed E-state index contributed by atoms with van der Waals surface area (Å²) < 4.78 is 5.27. The third-order valence-electron chi connectivity index (χ3n) is 5.55. The lowest BCUT2D eigenvalue weighted by molar-refractivity contribution is -0.144. The fourth-order valence-electron chi connectivity index (χ4n) is 4.01. The van der Waals surface area contributed by atoms with Crippen molar-refractivity contribution < 1.29 is 14.6 Å². The minimum absolute atomic E-state index is 0.0428. The molecule has 0 amide bonds. The lowest BCUT2D eigenvalue weighted by Gasteiger charge is -2.35. The summed E-state index contributed by atoms with van der Waals surface area (Å²) in [4.78, 5) is 16.4. The van der Waals surface area contributed by atoms with Crippen LogP contribution in [0.4, 0.5) is 0 Å². The van der Waals surface area contributed by atoms with Crippen molar-refractivity contribution in [1.82, 2.24) is 9.80 Å². The molecule has 0 bridgehead atoms. The van der Waals surface area contributed by atoms with Gasteiger partial charge in [0.1, 0.15) is 12.1 Å². The molecule has 3 rings (SSSR count). The molecule has 5 nitrogen and oxygen atoms in total. The van der Waals surface area contributed by atoms with Crippen LogP contribution in [0, 0.1) is 5.92 Å². The van der Waals surface area contributed by atoms with Gasteiger partial charge >= 0.3 is 5.97 Å². The number of nitrogens with zero attached hydrogens (tertiary/aromatic N) is 2. The van der Waals surface area contributed by atoms with Gasteiger partial charge in [-0.3, -0.25) is 9.69 Å². The Kier molecular flexibility index (Phi) is 6.10. The van der Waals surface area contributed by atoms with Gasteiger partial charge in [-0.1, -0.05) is 30.3 Å². The molecular weight excluding hydrogens is 316 g/mol. The van der Waals surface area contributed by atoms with E-state index < -0.39 is 6.10 Å². The Morgan fingerprint density at radius 2 is 1.96 bits per heavy atom. The Labute approximate surface area is 150 Å². The van der Waals surface area contributed by atoms with Gasteiger partial charge in [0.2, 0.25) is 0 Å². The number of carbonyl (C=O) groups excluding carboxylic acids is 1. The Bertz CT molecular complexity index is 557. The Hall–Kier alpha value is -1.43. The number of aliphatic hydroxyl groups is 1. The summed E-state index contributed by atoms with van der Waals surface area (Å²) >= 11 is 0. The molecule has 2 heterocycles. The van der Waals surface area contributed by atoms with E-state index in [1.54, 1.807) is 0 Å². The van der Waals surface area contributed by atoms with E-state index >= 15 is 0 Å². The fraction of sp³-hybridized carbons (Fsp3) is 0.650. The summed E-state index contributed by atoms with van der Waals surface area (Å²) in [5.41, 5.74) is 0.984. The predicted molar refractivity (Wildman–Crippen MR) is 97.2 cm³/mol. The normalized spacial score (nSPS) is 26.8.